The van der Waals surface area contributed by atoms with E-state index in [0.29, 0.717) is 23.3 Å². The number of fused-ring (bicyclic) bond motifs is 2. The fourth-order valence-electron chi connectivity index (χ4n) is 4.21. The van der Waals surface area contributed by atoms with E-state index < -0.39 is 6.09 Å². The second kappa shape index (κ2) is 9.34. The van der Waals surface area contributed by atoms with Crippen LogP contribution >= 0.6 is 0 Å². The highest BCUT2D eigenvalue weighted by Crippen LogP contribution is 2.27. The number of nitrogens with one attached hydrogen (secondary N) is 4. The molecular weight excluding hydrogens is 470 g/mol. The summed E-state index contributed by atoms with van der Waals surface area (Å²) in [6.45, 7) is 0.542. The molecule has 182 valence electrons. The Morgan fingerprint density at radius 3 is 2.59 bits per heavy atom. The molecule has 0 aliphatic rings. The molecule has 10 nitrogen and oxygen atoms in total. The number of nitrogens with zero attached hydrogens (tertiary/aromatic N) is 3. The number of anilines is 2. The fraction of sp³-hybridized carbons (Fsp3) is 0.0370. The van der Waals surface area contributed by atoms with Crippen LogP contribution in [0.3, 0.4) is 0 Å². The van der Waals surface area contributed by atoms with Crippen molar-refractivity contribution >= 4 is 45.8 Å². The van der Waals surface area contributed by atoms with Gasteiger partial charge in [0.1, 0.15) is 11.2 Å². The van der Waals surface area contributed by atoms with Crippen molar-refractivity contribution in [2.45, 2.75) is 6.54 Å². The molecule has 2 amide bonds. The predicted octanol–water partition coefficient (Wildman–Crippen LogP) is 5.15. The molecule has 3 heterocycles. The van der Waals surface area contributed by atoms with Crippen LogP contribution in [0.5, 0.6) is 5.75 Å². The highest BCUT2D eigenvalue weighted by atomic mass is 16.6. The van der Waals surface area contributed by atoms with Gasteiger partial charge >= 0.3 is 6.09 Å². The largest absolute Gasteiger partial charge is 0.419 e. The van der Waals surface area contributed by atoms with Gasteiger partial charge < -0.3 is 19.3 Å². The summed E-state index contributed by atoms with van der Waals surface area (Å²) in [7, 11) is 0. The van der Waals surface area contributed by atoms with Gasteiger partial charge in [0.25, 0.3) is 5.91 Å². The van der Waals surface area contributed by atoms with Crippen LogP contribution < -0.4 is 15.4 Å². The summed E-state index contributed by atoms with van der Waals surface area (Å²) >= 11 is 0. The Kier molecular flexibility index (Phi) is 5.58. The first-order valence-electron chi connectivity index (χ1n) is 11.5. The zero-order chi connectivity index (χ0) is 25.2. The van der Waals surface area contributed by atoms with Crippen molar-refractivity contribution in [3.63, 3.8) is 0 Å². The van der Waals surface area contributed by atoms with Crippen LogP contribution in [0, 0.1) is 0 Å². The molecule has 0 saturated carbocycles. The molecule has 0 atom stereocenters. The highest BCUT2D eigenvalue weighted by molar-refractivity contribution is 6.06. The molecule has 0 unspecified atom stereocenters. The molecule has 0 radical (unpaired) electrons. The third-order valence-corrected chi connectivity index (χ3v) is 5.86. The van der Waals surface area contributed by atoms with E-state index in [-0.39, 0.29) is 23.6 Å². The molecule has 3 aromatic carbocycles. The first-order chi connectivity index (χ1) is 18.1. The van der Waals surface area contributed by atoms with Gasteiger partial charge in [-0.2, -0.15) is 0 Å². The van der Waals surface area contributed by atoms with Gasteiger partial charge in [0.15, 0.2) is 5.75 Å². The summed E-state index contributed by atoms with van der Waals surface area (Å²) in [6.07, 6.45) is 2.38. The Morgan fingerprint density at radius 1 is 0.919 bits per heavy atom. The molecule has 0 aliphatic heterocycles. The van der Waals surface area contributed by atoms with Gasteiger partial charge in [0, 0.05) is 29.8 Å². The van der Waals surface area contributed by atoms with Crippen molar-refractivity contribution in [2.75, 3.05) is 10.6 Å². The van der Waals surface area contributed by atoms with Crippen LogP contribution in [0.1, 0.15) is 16.1 Å². The lowest BCUT2D eigenvalue weighted by atomic mass is 10.2. The number of rotatable bonds is 6. The quantitative estimate of drug-likeness (QED) is 0.256. The molecule has 4 N–H and O–H groups in total. The van der Waals surface area contributed by atoms with E-state index in [1.54, 1.807) is 24.4 Å². The van der Waals surface area contributed by atoms with Crippen LogP contribution in [0.2, 0.25) is 0 Å². The number of aromatic nitrogens is 5. The first-order valence-corrected chi connectivity index (χ1v) is 11.5. The first kappa shape index (κ1) is 22.1. The molecular formula is C27H21N7O3. The molecule has 0 aliphatic carbocycles. The minimum atomic E-state index is -0.715. The number of para-hydroxylation sites is 2. The molecule has 6 aromatic rings. The van der Waals surface area contributed by atoms with Crippen molar-refractivity contribution in [2.24, 2.45) is 0 Å². The summed E-state index contributed by atoms with van der Waals surface area (Å²) in [5.41, 5.74) is 3.54. The number of benzene rings is 3. The average Bonchev–Trinajstić information content (AvgIpc) is 3.64. The van der Waals surface area contributed by atoms with Crippen LogP contribution in [-0.2, 0) is 6.54 Å². The summed E-state index contributed by atoms with van der Waals surface area (Å²) in [6, 6.07) is 24.8. The minimum absolute atomic E-state index is 0.235. The number of imidazole rings is 2. The average molecular weight is 492 g/mol. The van der Waals surface area contributed by atoms with Crippen molar-refractivity contribution in [3.8, 4) is 5.75 Å². The zero-order valence-electron chi connectivity index (χ0n) is 19.4. The number of H-pyrrole nitrogens is 2. The number of hydrogen-bond donors (Lipinski definition) is 4. The lowest BCUT2D eigenvalue weighted by molar-refractivity contribution is 0.101. The lowest BCUT2D eigenvalue weighted by Crippen LogP contribution is -2.18. The molecule has 0 bridgehead atoms. The maximum absolute atomic E-state index is 13.4. The summed E-state index contributed by atoms with van der Waals surface area (Å²) in [5, 5.41) is 6.32. The highest BCUT2D eigenvalue weighted by Gasteiger charge is 2.19. The van der Waals surface area contributed by atoms with Crippen LogP contribution in [0.15, 0.2) is 91.3 Å². The molecule has 0 fully saturated rings. The molecule has 10 heteroatoms. The Balaban J connectivity index is 1.27. The second-order valence-corrected chi connectivity index (χ2v) is 8.30. The predicted molar refractivity (Wildman–Crippen MR) is 140 cm³/mol. The number of ether oxygens (including phenoxy) is 1. The number of carbonyl (C=O) groups is 2. The summed E-state index contributed by atoms with van der Waals surface area (Å²) in [5.74, 6) is 0.441. The smallest absolute Gasteiger partial charge is 0.408 e. The number of amides is 2. The maximum Gasteiger partial charge on any atom is 0.419 e. The van der Waals surface area contributed by atoms with E-state index >= 15 is 0 Å². The van der Waals surface area contributed by atoms with E-state index in [1.165, 1.54) is 6.20 Å². The topological polar surface area (TPSA) is 130 Å². The van der Waals surface area contributed by atoms with Gasteiger partial charge in [-0.1, -0.05) is 54.6 Å². The molecule has 0 spiro atoms. The fourth-order valence-corrected chi connectivity index (χ4v) is 4.21. The van der Waals surface area contributed by atoms with E-state index in [9.17, 15) is 9.59 Å². The van der Waals surface area contributed by atoms with Crippen molar-refractivity contribution in [1.29, 1.82) is 0 Å². The summed E-state index contributed by atoms with van der Waals surface area (Å²) < 4.78 is 7.41. The van der Waals surface area contributed by atoms with Crippen LogP contribution in [-0.4, -0.2) is 36.5 Å². The molecule has 6 rings (SSSR count). The van der Waals surface area contributed by atoms with Crippen molar-refractivity contribution < 1.29 is 14.3 Å². The monoisotopic (exact) mass is 491 g/mol. The van der Waals surface area contributed by atoms with Crippen LogP contribution in [0.4, 0.5) is 16.7 Å². The van der Waals surface area contributed by atoms with Crippen molar-refractivity contribution in [1.82, 2.24) is 24.5 Å². The van der Waals surface area contributed by atoms with Gasteiger partial charge in [-0.05, 0) is 29.8 Å². The normalized spacial score (nSPS) is 11.0. The van der Waals surface area contributed by atoms with E-state index in [4.69, 9.17) is 4.74 Å². The van der Waals surface area contributed by atoms with E-state index in [2.05, 4.69) is 30.6 Å². The number of hydrogen-bond acceptors (Lipinski definition) is 5. The SMILES string of the molecule is O=C(Nc1ncc[nH]1)Oc1cccc2nc(NC(=O)c3cc4ccccc4n3Cc3ccccc3)[nH]c12. The van der Waals surface area contributed by atoms with Gasteiger partial charge in [-0.15, -0.1) is 0 Å². The van der Waals surface area contributed by atoms with E-state index in [0.717, 1.165) is 16.5 Å². The molecule has 3 aromatic heterocycles. The minimum Gasteiger partial charge on any atom is -0.408 e. The Morgan fingerprint density at radius 2 is 1.76 bits per heavy atom. The van der Waals surface area contributed by atoms with Crippen LogP contribution in [0.25, 0.3) is 21.9 Å². The molecule has 37 heavy (non-hydrogen) atoms. The second-order valence-electron chi connectivity index (χ2n) is 8.30. The summed E-state index contributed by atoms with van der Waals surface area (Å²) in [4.78, 5) is 39.9. The molecule has 0 saturated heterocycles. The lowest BCUT2D eigenvalue weighted by Gasteiger charge is -2.10. The Labute approximate surface area is 210 Å². The van der Waals surface area contributed by atoms with Gasteiger partial charge in [0.05, 0.1) is 5.52 Å². The van der Waals surface area contributed by atoms with E-state index in [1.807, 2.05) is 65.2 Å². The third-order valence-electron chi connectivity index (χ3n) is 5.86. The maximum atomic E-state index is 13.4. The van der Waals surface area contributed by atoms with Gasteiger partial charge in [-0.25, -0.2) is 14.8 Å². The van der Waals surface area contributed by atoms with Gasteiger partial charge in [0.2, 0.25) is 11.9 Å². The standard InChI is InChI=1S/C27H21N7O3/c35-24(21-15-18-9-4-5-11-20(18)34(21)16-17-7-2-1-3-8-17)32-26-30-19-10-6-12-22(23(19)31-26)37-27(36)33-25-28-13-14-29-25/h1-15H,16H2,(H2,28,29,33,36)(H2,30,31,32,35). The number of carbonyl (C=O) groups excluding carboxylic acids is 2. The number of aromatic amines is 2. The van der Waals surface area contributed by atoms with Gasteiger partial charge in [-0.3, -0.25) is 15.4 Å². The Hall–Kier alpha value is -5.38. The third kappa shape index (κ3) is 4.50. The Bertz CT molecular complexity index is 1720. The van der Waals surface area contributed by atoms with Crippen molar-refractivity contribution in [3.05, 3.63) is 103 Å². The zero-order valence-corrected chi connectivity index (χ0v) is 19.4.